The first kappa shape index (κ1) is 27.2. The van der Waals surface area contributed by atoms with Crippen LogP contribution in [0.25, 0.3) is 10.9 Å². The average Bonchev–Trinajstić information content (AvgIpc) is 3.71. The molecule has 5 rings (SSSR count). The van der Waals surface area contributed by atoms with Crippen LogP contribution in [-0.4, -0.2) is 78.0 Å². The quantitative estimate of drug-likeness (QED) is 0.551. The number of nitrogens with one attached hydrogen (secondary N) is 1. The Bertz CT molecular complexity index is 1310. The van der Waals surface area contributed by atoms with Gasteiger partial charge in [-0.25, -0.2) is 12.4 Å². The molecule has 2 fully saturated rings. The van der Waals surface area contributed by atoms with Crippen molar-refractivity contribution in [3.8, 4) is 0 Å². The van der Waals surface area contributed by atoms with E-state index in [9.17, 15) is 18.0 Å². The summed E-state index contributed by atoms with van der Waals surface area (Å²) >= 11 is 0. The molecule has 8 nitrogen and oxygen atoms in total. The molecule has 2 amide bonds. The van der Waals surface area contributed by atoms with Gasteiger partial charge < -0.3 is 10.2 Å². The first-order chi connectivity index (χ1) is 18.2. The summed E-state index contributed by atoms with van der Waals surface area (Å²) in [6.07, 6.45) is 7.38. The van der Waals surface area contributed by atoms with Gasteiger partial charge in [-0.1, -0.05) is 13.3 Å². The van der Waals surface area contributed by atoms with E-state index in [0.29, 0.717) is 42.7 Å². The Balaban J connectivity index is 1.45. The van der Waals surface area contributed by atoms with Crippen LogP contribution in [0.1, 0.15) is 80.9 Å². The number of likely N-dealkylation sites (tertiary alicyclic amines) is 1. The van der Waals surface area contributed by atoms with Crippen molar-refractivity contribution in [2.75, 3.05) is 31.9 Å². The summed E-state index contributed by atoms with van der Waals surface area (Å²) < 4.78 is 28.1. The van der Waals surface area contributed by atoms with Gasteiger partial charge in [0.05, 0.1) is 17.2 Å². The van der Waals surface area contributed by atoms with Gasteiger partial charge in [0.15, 0.2) is 0 Å². The summed E-state index contributed by atoms with van der Waals surface area (Å²) in [7, 11) is -3.50. The fourth-order valence-electron chi connectivity index (χ4n) is 6.25. The van der Waals surface area contributed by atoms with Crippen LogP contribution in [0, 0.1) is 5.92 Å². The van der Waals surface area contributed by atoms with E-state index in [4.69, 9.17) is 0 Å². The van der Waals surface area contributed by atoms with Gasteiger partial charge in [0.2, 0.25) is 15.9 Å². The van der Waals surface area contributed by atoms with Crippen LogP contribution in [0.4, 0.5) is 0 Å². The molecule has 2 unspecified atom stereocenters. The number of carbonyl (C=O) groups is 2. The van der Waals surface area contributed by atoms with Crippen LogP contribution < -0.4 is 5.32 Å². The lowest BCUT2D eigenvalue weighted by Crippen LogP contribution is -2.45. The molecule has 2 aliphatic heterocycles. The Labute approximate surface area is 226 Å². The first-order valence-corrected chi connectivity index (χ1v) is 16.1. The van der Waals surface area contributed by atoms with Gasteiger partial charge in [-0.05, 0) is 76.1 Å². The number of rotatable bonds is 8. The first-order valence-electron chi connectivity index (χ1n) is 14.5. The van der Waals surface area contributed by atoms with Gasteiger partial charge in [-0.2, -0.15) is 0 Å². The monoisotopic (exact) mass is 542 g/mol. The number of hydrogen-bond acceptors (Lipinski definition) is 5. The van der Waals surface area contributed by atoms with E-state index >= 15 is 0 Å². The van der Waals surface area contributed by atoms with Crippen LogP contribution in [0.15, 0.2) is 18.2 Å². The Morgan fingerprint density at radius 2 is 1.84 bits per heavy atom. The second-order valence-electron chi connectivity index (χ2n) is 11.4. The maximum absolute atomic E-state index is 13.6. The lowest BCUT2D eigenvalue weighted by atomic mass is 9.96. The highest BCUT2D eigenvalue weighted by molar-refractivity contribution is 7.90. The zero-order valence-corrected chi connectivity index (χ0v) is 23.9. The molecule has 38 heavy (non-hydrogen) atoms. The zero-order valence-electron chi connectivity index (χ0n) is 23.0. The van der Waals surface area contributed by atoms with E-state index in [1.807, 2.05) is 12.1 Å². The Kier molecular flexibility index (Phi) is 7.87. The highest BCUT2D eigenvalue weighted by Gasteiger charge is 2.33. The van der Waals surface area contributed by atoms with Crippen molar-refractivity contribution < 1.29 is 18.0 Å². The molecule has 3 aliphatic rings. The average molecular weight is 543 g/mol. The van der Waals surface area contributed by atoms with E-state index in [1.165, 1.54) is 0 Å². The van der Waals surface area contributed by atoms with Gasteiger partial charge in [-0.3, -0.25) is 14.5 Å². The molecule has 208 valence electrons. The highest BCUT2D eigenvalue weighted by atomic mass is 32.2. The molecule has 2 atom stereocenters. The van der Waals surface area contributed by atoms with Crippen LogP contribution in [0.5, 0.6) is 0 Å². The summed E-state index contributed by atoms with van der Waals surface area (Å²) in [5.74, 6) is -0.157. The normalized spacial score (nSPS) is 21.7. The molecular weight excluding hydrogens is 500 g/mol. The number of aromatic nitrogens is 1. The number of hydrogen-bond donors (Lipinski definition) is 1. The third kappa shape index (κ3) is 5.37. The molecule has 1 aromatic carbocycles. The number of piperidine rings is 1. The van der Waals surface area contributed by atoms with E-state index < -0.39 is 10.0 Å². The molecule has 0 bridgehead atoms. The molecule has 9 heteroatoms. The SMILES string of the molecule is CCCC(C)N1CCc2c(n(S(=O)(=O)CC)c3ccc(C(=O)N4CCCC(C(=O)NC5CC5)C4)cc23)CC1. The number of benzene rings is 1. The zero-order chi connectivity index (χ0) is 27.0. The van der Waals surface area contributed by atoms with Crippen molar-refractivity contribution in [3.63, 3.8) is 0 Å². The number of carbonyl (C=O) groups excluding carboxylic acids is 2. The predicted octanol–water partition coefficient (Wildman–Crippen LogP) is 3.56. The minimum atomic E-state index is -3.50. The summed E-state index contributed by atoms with van der Waals surface area (Å²) in [6.45, 7) is 8.91. The molecule has 1 saturated carbocycles. The van der Waals surface area contributed by atoms with E-state index in [1.54, 1.807) is 21.9 Å². The van der Waals surface area contributed by atoms with Crippen molar-refractivity contribution in [2.24, 2.45) is 5.92 Å². The third-order valence-corrected chi connectivity index (χ3v) is 10.3. The molecule has 3 heterocycles. The number of amides is 2. The summed E-state index contributed by atoms with van der Waals surface area (Å²) in [4.78, 5) is 30.5. The fraction of sp³-hybridized carbons (Fsp3) is 0.655. The van der Waals surface area contributed by atoms with E-state index in [-0.39, 0.29) is 23.5 Å². The van der Waals surface area contributed by atoms with Crippen LogP contribution >= 0.6 is 0 Å². The summed E-state index contributed by atoms with van der Waals surface area (Å²) in [5.41, 5.74) is 3.16. The molecule has 0 spiro atoms. The minimum absolute atomic E-state index is 0.0257. The summed E-state index contributed by atoms with van der Waals surface area (Å²) in [5, 5.41) is 3.96. The molecule has 2 aromatic rings. The Morgan fingerprint density at radius 3 is 2.55 bits per heavy atom. The number of fused-ring (bicyclic) bond motifs is 3. The second-order valence-corrected chi connectivity index (χ2v) is 13.5. The van der Waals surface area contributed by atoms with E-state index in [2.05, 4.69) is 24.1 Å². The minimum Gasteiger partial charge on any atom is -0.353 e. The van der Waals surface area contributed by atoms with Crippen LogP contribution in [0.3, 0.4) is 0 Å². The van der Waals surface area contributed by atoms with Crippen molar-refractivity contribution >= 4 is 32.7 Å². The maximum Gasteiger partial charge on any atom is 0.253 e. The Hall–Kier alpha value is -2.39. The van der Waals surface area contributed by atoms with Crippen LogP contribution in [0.2, 0.25) is 0 Å². The molecule has 0 radical (unpaired) electrons. The third-order valence-electron chi connectivity index (χ3n) is 8.64. The van der Waals surface area contributed by atoms with Gasteiger partial charge in [0.1, 0.15) is 0 Å². The van der Waals surface area contributed by atoms with Gasteiger partial charge >= 0.3 is 0 Å². The molecule has 1 aliphatic carbocycles. The molecule has 1 aromatic heterocycles. The van der Waals surface area contributed by atoms with Crippen molar-refractivity contribution in [1.29, 1.82) is 0 Å². The molecule has 1 N–H and O–H groups in total. The van der Waals surface area contributed by atoms with Gasteiger partial charge in [-0.15, -0.1) is 0 Å². The smallest absolute Gasteiger partial charge is 0.253 e. The van der Waals surface area contributed by atoms with Gasteiger partial charge in [0.25, 0.3) is 5.91 Å². The van der Waals surface area contributed by atoms with Crippen LogP contribution in [-0.2, 0) is 27.7 Å². The maximum atomic E-state index is 13.6. The van der Waals surface area contributed by atoms with Crippen molar-refractivity contribution in [3.05, 3.63) is 35.0 Å². The topological polar surface area (TPSA) is 91.7 Å². The lowest BCUT2D eigenvalue weighted by molar-refractivity contribution is -0.126. The van der Waals surface area contributed by atoms with E-state index in [0.717, 1.165) is 74.7 Å². The molecular formula is C29H42N4O4S. The standard InChI is InChI=1S/C29H42N4O4S/c1-4-7-20(3)31-16-13-24-25-18-21(9-12-26(25)33(27(24)14-17-31)38(36,37)5-2)29(35)32-15-6-8-22(19-32)28(34)30-23-10-11-23/h9,12,18,20,22-23H,4-8,10-11,13-17,19H2,1-3H3,(H,30,34). The second kappa shape index (κ2) is 11.0. The summed E-state index contributed by atoms with van der Waals surface area (Å²) in [6, 6.07) is 6.23. The van der Waals surface area contributed by atoms with Gasteiger partial charge in [0, 0.05) is 61.3 Å². The molecule has 1 saturated heterocycles. The van der Waals surface area contributed by atoms with Crippen molar-refractivity contribution in [2.45, 2.75) is 84.2 Å². The largest absolute Gasteiger partial charge is 0.353 e. The highest BCUT2D eigenvalue weighted by Crippen LogP contribution is 2.33. The number of nitrogens with zero attached hydrogens (tertiary/aromatic N) is 3. The fourth-order valence-corrected chi connectivity index (χ4v) is 7.51. The lowest BCUT2D eigenvalue weighted by Gasteiger charge is -2.32. The Morgan fingerprint density at radius 1 is 1.08 bits per heavy atom. The van der Waals surface area contributed by atoms with Crippen molar-refractivity contribution in [1.82, 2.24) is 19.1 Å². The predicted molar refractivity (Wildman–Crippen MR) is 150 cm³/mol.